The third kappa shape index (κ3) is 4.60. The standard InChI is InChI=1S/C30H43N5O7/c1-33(2)19-12-15(13-32-16-6-8-35(5)9-7-16)24(36)21-17(19)10-14-11-18-23(34(3)4)26(38)22(29(31)41)28(40)30(18,42)27(39)20(14)25(21)37/h12,14,16,18,22-23,26,32,36-38,42H,6-11,13H2,1-5H3,(H2,31,41)/t14-,18-,22?,23?,26?,30-/m1/s1. The Morgan fingerprint density at radius 3 is 2.38 bits per heavy atom. The van der Waals surface area contributed by atoms with E-state index in [4.69, 9.17) is 5.73 Å². The van der Waals surface area contributed by atoms with Crippen LogP contribution in [0.2, 0.25) is 0 Å². The molecule has 0 aromatic heterocycles. The van der Waals surface area contributed by atoms with Crippen LogP contribution in [0.25, 0.3) is 5.76 Å². The van der Waals surface area contributed by atoms with Crippen LogP contribution in [0, 0.1) is 17.8 Å². The third-order valence-electron chi connectivity index (χ3n) is 9.93. The van der Waals surface area contributed by atoms with E-state index in [0.29, 0.717) is 17.7 Å². The molecule has 5 rings (SSSR count). The Morgan fingerprint density at radius 2 is 1.81 bits per heavy atom. The molecule has 1 aromatic carbocycles. The summed E-state index contributed by atoms with van der Waals surface area (Å²) in [5.74, 6) is -7.37. The number of benzene rings is 1. The number of aromatic hydroxyl groups is 1. The van der Waals surface area contributed by atoms with Gasteiger partial charge in [-0.3, -0.25) is 14.4 Å². The molecule has 3 unspecified atom stereocenters. The van der Waals surface area contributed by atoms with Crippen LogP contribution in [0.5, 0.6) is 5.75 Å². The molecule has 7 N–H and O–H groups in total. The molecular formula is C30H43N5O7. The number of nitrogens with one attached hydrogen (secondary N) is 1. The Kier molecular flexibility index (Phi) is 7.90. The van der Waals surface area contributed by atoms with Gasteiger partial charge in [0.05, 0.1) is 11.7 Å². The molecule has 3 aliphatic carbocycles. The fraction of sp³-hybridized carbons (Fsp3) is 0.633. The summed E-state index contributed by atoms with van der Waals surface area (Å²) in [5.41, 5.74) is 4.75. The highest BCUT2D eigenvalue weighted by Gasteiger charge is 2.67. The highest BCUT2D eigenvalue weighted by Crippen LogP contribution is 2.53. The average molecular weight is 586 g/mol. The predicted octanol–water partition coefficient (Wildman–Crippen LogP) is -0.621. The number of nitrogens with two attached hydrogens (primary N) is 1. The predicted molar refractivity (Wildman–Crippen MR) is 156 cm³/mol. The Morgan fingerprint density at radius 1 is 1.17 bits per heavy atom. The summed E-state index contributed by atoms with van der Waals surface area (Å²) >= 11 is 0. The number of Topliss-reactive ketones (excluding diaryl/α,β-unsaturated/α-hetero) is 2. The van der Waals surface area contributed by atoms with Gasteiger partial charge in [0.2, 0.25) is 11.7 Å². The van der Waals surface area contributed by atoms with Crippen molar-refractivity contribution >= 4 is 28.9 Å². The van der Waals surface area contributed by atoms with Crippen LogP contribution < -0.4 is 16.0 Å². The number of fused-ring (bicyclic) bond motifs is 3. The van der Waals surface area contributed by atoms with Crippen molar-refractivity contribution in [1.29, 1.82) is 0 Å². The zero-order chi connectivity index (χ0) is 30.8. The number of anilines is 1. The van der Waals surface area contributed by atoms with Gasteiger partial charge in [0, 0.05) is 55.5 Å². The summed E-state index contributed by atoms with van der Waals surface area (Å²) in [4.78, 5) is 45.6. The van der Waals surface area contributed by atoms with Crippen molar-refractivity contribution in [1.82, 2.24) is 15.1 Å². The number of hydrogen-bond donors (Lipinski definition) is 6. The lowest BCUT2D eigenvalue weighted by molar-refractivity contribution is -0.184. The van der Waals surface area contributed by atoms with Gasteiger partial charge in [0.15, 0.2) is 11.4 Å². The SMILES string of the molecule is CN1CCC(NCc2cc(N(C)C)c3c(c2O)C(O)=C2C(=O)[C@@]4(O)C(=O)C(C(N)=O)C(O)C(N(C)C)[C@H]4C[C@H]2C3)CC1. The van der Waals surface area contributed by atoms with Crippen LogP contribution in [0.4, 0.5) is 5.69 Å². The molecule has 0 spiro atoms. The van der Waals surface area contributed by atoms with Gasteiger partial charge >= 0.3 is 0 Å². The number of hydrogen-bond acceptors (Lipinski definition) is 11. The van der Waals surface area contributed by atoms with Crippen LogP contribution in [0.3, 0.4) is 0 Å². The van der Waals surface area contributed by atoms with Crippen LogP contribution in [-0.4, -0.2) is 120 Å². The largest absolute Gasteiger partial charge is 0.507 e. The molecule has 230 valence electrons. The van der Waals surface area contributed by atoms with Crippen molar-refractivity contribution in [2.24, 2.45) is 23.5 Å². The Bertz CT molecular complexity index is 1340. The second-order valence-electron chi connectivity index (χ2n) is 12.9. The number of likely N-dealkylation sites (N-methyl/N-ethyl adjacent to an activating group) is 1. The van der Waals surface area contributed by atoms with Crippen LogP contribution in [0.1, 0.15) is 36.0 Å². The van der Waals surface area contributed by atoms with Crippen molar-refractivity contribution < 1.29 is 34.8 Å². The smallest absolute Gasteiger partial charge is 0.230 e. The molecule has 3 fully saturated rings. The Hall–Kier alpha value is -3.03. The number of aliphatic hydroxyl groups excluding tert-OH is 2. The number of likely N-dealkylation sites (tertiary alicyclic amines) is 1. The maximum absolute atomic E-state index is 14.1. The van der Waals surface area contributed by atoms with E-state index in [1.165, 1.54) is 0 Å². The first-order valence-electron chi connectivity index (χ1n) is 14.6. The van der Waals surface area contributed by atoms with Crippen LogP contribution in [0.15, 0.2) is 11.6 Å². The molecule has 12 nitrogen and oxygen atoms in total. The van der Waals surface area contributed by atoms with Crippen molar-refractivity contribution in [3.63, 3.8) is 0 Å². The fourth-order valence-electron chi connectivity index (χ4n) is 7.71. The third-order valence-corrected chi connectivity index (χ3v) is 9.93. The van der Waals surface area contributed by atoms with Gasteiger partial charge in [0.25, 0.3) is 0 Å². The monoisotopic (exact) mass is 585 g/mol. The number of nitrogens with zero attached hydrogens (tertiary/aromatic N) is 3. The molecule has 4 aliphatic rings. The molecule has 1 saturated heterocycles. The lowest BCUT2D eigenvalue weighted by Gasteiger charge is -2.53. The van der Waals surface area contributed by atoms with Crippen molar-refractivity contribution in [3.8, 4) is 5.75 Å². The van der Waals surface area contributed by atoms with Crippen LogP contribution >= 0.6 is 0 Å². The highest BCUT2D eigenvalue weighted by molar-refractivity contribution is 6.25. The zero-order valence-corrected chi connectivity index (χ0v) is 24.9. The normalized spacial score (nSPS) is 32.0. The van der Waals surface area contributed by atoms with Gasteiger partial charge in [-0.2, -0.15) is 0 Å². The number of phenols is 1. The van der Waals surface area contributed by atoms with Gasteiger partial charge in [-0.25, -0.2) is 0 Å². The van der Waals surface area contributed by atoms with Crippen LogP contribution in [-0.2, 0) is 27.3 Å². The summed E-state index contributed by atoms with van der Waals surface area (Å²) in [7, 11) is 9.08. The number of carbonyl (C=O) groups is 3. The number of aliphatic hydroxyl groups is 3. The van der Waals surface area contributed by atoms with Crippen molar-refractivity contribution in [3.05, 3.63) is 28.3 Å². The van der Waals surface area contributed by atoms with E-state index in [-0.39, 0.29) is 35.8 Å². The molecule has 12 heteroatoms. The van der Waals surface area contributed by atoms with Crippen molar-refractivity contribution in [2.75, 3.05) is 53.2 Å². The molecule has 42 heavy (non-hydrogen) atoms. The van der Waals surface area contributed by atoms with E-state index < -0.39 is 58.7 Å². The van der Waals surface area contributed by atoms with Gasteiger partial charge in [-0.1, -0.05) is 0 Å². The minimum atomic E-state index is -2.67. The molecule has 1 aromatic rings. The molecule has 1 amide bonds. The summed E-state index contributed by atoms with van der Waals surface area (Å²) in [6.45, 7) is 2.29. The van der Waals surface area contributed by atoms with Gasteiger partial charge < -0.3 is 46.2 Å². The van der Waals surface area contributed by atoms with Gasteiger partial charge in [-0.05, 0) is 77.5 Å². The number of phenolic OH excluding ortho intramolecular Hbond substituents is 1. The Balaban J connectivity index is 1.59. The van der Waals surface area contributed by atoms with E-state index in [0.717, 1.165) is 31.6 Å². The number of rotatable bonds is 6. The maximum Gasteiger partial charge on any atom is 0.230 e. The minimum Gasteiger partial charge on any atom is -0.507 e. The first-order chi connectivity index (χ1) is 19.7. The second-order valence-corrected chi connectivity index (χ2v) is 12.9. The summed E-state index contributed by atoms with van der Waals surface area (Å²) in [6, 6.07) is 1.25. The molecular weight excluding hydrogens is 542 g/mol. The summed E-state index contributed by atoms with van der Waals surface area (Å²) in [6.07, 6.45) is 0.777. The lowest BCUT2D eigenvalue weighted by atomic mass is 9.54. The van der Waals surface area contributed by atoms with Gasteiger partial charge in [-0.15, -0.1) is 0 Å². The molecule has 1 heterocycles. The second kappa shape index (κ2) is 10.9. The van der Waals surface area contributed by atoms with E-state index in [1.54, 1.807) is 19.0 Å². The number of carbonyl (C=O) groups excluding carboxylic acids is 3. The number of ketones is 2. The minimum absolute atomic E-state index is 0.0886. The first kappa shape index (κ1) is 30.4. The number of primary amides is 1. The molecule has 2 saturated carbocycles. The molecule has 0 bridgehead atoms. The molecule has 0 radical (unpaired) electrons. The summed E-state index contributed by atoms with van der Waals surface area (Å²) in [5, 5.41) is 49.5. The first-order valence-corrected chi connectivity index (χ1v) is 14.6. The number of amides is 1. The zero-order valence-electron chi connectivity index (χ0n) is 24.9. The van der Waals surface area contributed by atoms with E-state index in [2.05, 4.69) is 17.3 Å². The average Bonchev–Trinajstić information content (AvgIpc) is 2.90. The lowest BCUT2D eigenvalue weighted by Crippen LogP contribution is -2.73. The molecule has 1 aliphatic heterocycles. The molecule has 6 atom stereocenters. The van der Waals surface area contributed by atoms with Gasteiger partial charge in [0.1, 0.15) is 17.4 Å². The highest BCUT2D eigenvalue weighted by atomic mass is 16.3. The topological polar surface area (TPSA) is 180 Å². The maximum atomic E-state index is 14.1. The summed E-state index contributed by atoms with van der Waals surface area (Å²) < 4.78 is 0. The quantitative estimate of drug-likeness (QED) is 0.234. The van der Waals surface area contributed by atoms with E-state index >= 15 is 0 Å². The number of piperidine rings is 1. The fourth-order valence-corrected chi connectivity index (χ4v) is 7.71. The van der Waals surface area contributed by atoms with E-state index in [9.17, 15) is 34.8 Å². The van der Waals surface area contributed by atoms with Crippen molar-refractivity contribution in [2.45, 2.75) is 56.0 Å². The van der Waals surface area contributed by atoms with E-state index in [1.807, 2.05) is 25.1 Å². The Labute approximate surface area is 245 Å².